The van der Waals surface area contributed by atoms with E-state index in [-0.39, 0.29) is 12.1 Å². The van der Waals surface area contributed by atoms with Crippen LogP contribution in [0.1, 0.15) is 48.8 Å². The molecule has 0 saturated carbocycles. The molecular formula is C27H31NO4. The average molecular weight is 434 g/mol. The second-order valence-electron chi connectivity index (χ2n) is 8.81. The van der Waals surface area contributed by atoms with Crippen LogP contribution in [0.5, 0.6) is 5.75 Å². The van der Waals surface area contributed by atoms with Crippen molar-refractivity contribution in [1.29, 1.82) is 0 Å². The molecule has 0 spiro atoms. The molecule has 3 aliphatic rings. The van der Waals surface area contributed by atoms with Crippen molar-refractivity contribution in [1.82, 2.24) is 4.90 Å². The maximum atomic E-state index is 12.3. The molecule has 5 heteroatoms. The second kappa shape index (κ2) is 9.88. The highest BCUT2D eigenvalue weighted by atomic mass is 16.6. The predicted molar refractivity (Wildman–Crippen MR) is 123 cm³/mol. The van der Waals surface area contributed by atoms with Gasteiger partial charge in [0, 0.05) is 38.0 Å². The van der Waals surface area contributed by atoms with Crippen LogP contribution >= 0.6 is 0 Å². The van der Waals surface area contributed by atoms with Gasteiger partial charge in [0.2, 0.25) is 0 Å². The number of benzene rings is 2. The molecule has 3 heterocycles. The van der Waals surface area contributed by atoms with E-state index in [2.05, 4.69) is 47.4 Å². The van der Waals surface area contributed by atoms with Crippen LogP contribution in [0.4, 0.5) is 0 Å². The number of carbonyl (C=O) groups excluding carboxylic acids is 1. The van der Waals surface area contributed by atoms with Crippen LogP contribution in [-0.2, 0) is 20.9 Å². The van der Waals surface area contributed by atoms with E-state index in [0.717, 1.165) is 51.1 Å². The highest BCUT2D eigenvalue weighted by molar-refractivity contribution is 5.87. The van der Waals surface area contributed by atoms with Gasteiger partial charge in [-0.1, -0.05) is 48.0 Å². The topological polar surface area (TPSA) is 48.0 Å². The molecule has 2 aromatic carbocycles. The highest BCUT2D eigenvalue weighted by Crippen LogP contribution is 2.40. The third-order valence-corrected chi connectivity index (χ3v) is 6.74. The third kappa shape index (κ3) is 4.74. The van der Waals surface area contributed by atoms with E-state index in [1.807, 2.05) is 6.07 Å². The first kappa shape index (κ1) is 21.2. The van der Waals surface area contributed by atoms with Gasteiger partial charge in [0.25, 0.3) is 0 Å². The summed E-state index contributed by atoms with van der Waals surface area (Å²) in [5.41, 5.74) is 6.55. The molecule has 2 saturated heterocycles. The molecule has 168 valence electrons. The number of piperidine rings is 1. The Labute approximate surface area is 190 Å². The number of esters is 1. The third-order valence-electron chi connectivity index (χ3n) is 6.74. The maximum absolute atomic E-state index is 12.3. The number of para-hydroxylation sites is 1. The fourth-order valence-electron chi connectivity index (χ4n) is 4.96. The number of hydrogen-bond acceptors (Lipinski definition) is 5. The molecule has 0 radical (unpaired) electrons. The maximum Gasteiger partial charge on any atom is 0.307 e. The van der Waals surface area contributed by atoms with Crippen LogP contribution in [0.3, 0.4) is 0 Å². The van der Waals surface area contributed by atoms with Gasteiger partial charge in [0.1, 0.15) is 18.5 Å². The Morgan fingerprint density at radius 2 is 1.69 bits per heavy atom. The van der Waals surface area contributed by atoms with Gasteiger partial charge in [-0.3, -0.25) is 4.79 Å². The zero-order valence-electron chi connectivity index (χ0n) is 18.6. The molecule has 0 aliphatic carbocycles. The molecule has 0 unspecified atom stereocenters. The van der Waals surface area contributed by atoms with Crippen LogP contribution in [0.2, 0.25) is 0 Å². The number of nitrogens with zero attached hydrogens (tertiary/aromatic N) is 1. The Morgan fingerprint density at radius 1 is 0.969 bits per heavy atom. The van der Waals surface area contributed by atoms with Gasteiger partial charge >= 0.3 is 5.97 Å². The average Bonchev–Trinajstić information content (AvgIpc) is 3.01. The monoisotopic (exact) mass is 433 g/mol. The molecule has 0 bridgehead atoms. The molecule has 32 heavy (non-hydrogen) atoms. The first-order valence-electron chi connectivity index (χ1n) is 11.8. The van der Waals surface area contributed by atoms with Crippen molar-refractivity contribution in [2.45, 2.75) is 44.8 Å². The minimum Gasteiger partial charge on any atom is -0.488 e. The molecule has 5 nitrogen and oxygen atoms in total. The quantitative estimate of drug-likeness (QED) is 0.660. The standard InChI is InChI=1S/C27H31NO4/c29-26(32-22-12-17-30-18-13-22)11-16-28-14-9-20(10-15-28)27-23-6-2-1-5-21(23)19-31-25-8-4-3-7-24(25)27/h1-8,22H,9-19H2. The highest BCUT2D eigenvalue weighted by Gasteiger charge is 2.25. The van der Waals surface area contributed by atoms with E-state index in [9.17, 15) is 4.79 Å². The lowest BCUT2D eigenvalue weighted by molar-refractivity contribution is -0.153. The van der Waals surface area contributed by atoms with E-state index < -0.39 is 0 Å². The molecule has 0 amide bonds. The lowest BCUT2D eigenvalue weighted by Crippen LogP contribution is -2.34. The van der Waals surface area contributed by atoms with Crippen molar-refractivity contribution in [2.75, 3.05) is 32.8 Å². The Kier molecular flexibility index (Phi) is 6.56. The Hall–Kier alpha value is -2.63. The SMILES string of the molecule is O=C(CCN1CCC(=C2c3ccccc3COc3ccccc32)CC1)OC1CCOCC1. The zero-order chi connectivity index (χ0) is 21.8. The Bertz CT molecular complexity index is 933. The number of carbonyl (C=O) groups is 1. The fraction of sp³-hybridized carbons (Fsp3) is 0.444. The number of ether oxygens (including phenoxy) is 3. The van der Waals surface area contributed by atoms with Crippen molar-refractivity contribution in [3.05, 3.63) is 70.8 Å². The number of rotatable bonds is 4. The molecule has 3 aliphatic heterocycles. The minimum atomic E-state index is -0.0789. The number of likely N-dealkylation sites (tertiary alicyclic amines) is 1. The minimum absolute atomic E-state index is 0.0338. The lowest BCUT2D eigenvalue weighted by atomic mass is 9.86. The summed E-state index contributed by atoms with van der Waals surface area (Å²) in [5, 5.41) is 0. The molecule has 0 N–H and O–H groups in total. The summed E-state index contributed by atoms with van der Waals surface area (Å²) in [6, 6.07) is 17.0. The summed E-state index contributed by atoms with van der Waals surface area (Å²) in [4.78, 5) is 14.7. The van der Waals surface area contributed by atoms with E-state index in [0.29, 0.717) is 26.2 Å². The van der Waals surface area contributed by atoms with Crippen LogP contribution in [-0.4, -0.2) is 49.8 Å². The van der Waals surface area contributed by atoms with Crippen molar-refractivity contribution in [3.8, 4) is 5.75 Å². The molecule has 5 rings (SSSR count). The van der Waals surface area contributed by atoms with Crippen LogP contribution in [0, 0.1) is 0 Å². The van der Waals surface area contributed by atoms with Gasteiger partial charge in [0.15, 0.2) is 0 Å². The van der Waals surface area contributed by atoms with Gasteiger partial charge < -0.3 is 19.1 Å². The first-order valence-corrected chi connectivity index (χ1v) is 11.8. The first-order chi connectivity index (χ1) is 15.8. The smallest absolute Gasteiger partial charge is 0.307 e. The predicted octanol–water partition coefficient (Wildman–Crippen LogP) is 4.59. The largest absolute Gasteiger partial charge is 0.488 e. The van der Waals surface area contributed by atoms with Crippen LogP contribution in [0.15, 0.2) is 54.1 Å². The summed E-state index contributed by atoms with van der Waals surface area (Å²) in [6.45, 7) is 4.69. The van der Waals surface area contributed by atoms with Gasteiger partial charge in [-0.25, -0.2) is 0 Å². The summed E-state index contributed by atoms with van der Waals surface area (Å²) >= 11 is 0. The summed E-state index contributed by atoms with van der Waals surface area (Å²) in [6.07, 6.45) is 4.15. The number of fused-ring (bicyclic) bond motifs is 2. The van der Waals surface area contributed by atoms with Crippen molar-refractivity contribution in [3.63, 3.8) is 0 Å². The molecule has 0 aromatic heterocycles. The Morgan fingerprint density at radius 3 is 2.50 bits per heavy atom. The lowest BCUT2D eigenvalue weighted by Gasteiger charge is -2.30. The second-order valence-corrected chi connectivity index (χ2v) is 8.81. The summed E-state index contributed by atoms with van der Waals surface area (Å²) in [7, 11) is 0. The van der Waals surface area contributed by atoms with Gasteiger partial charge in [0.05, 0.1) is 19.6 Å². The molecule has 2 fully saturated rings. The zero-order valence-corrected chi connectivity index (χ0v) is 18.6. The summed E-state index contributed by atoms with van der Waals surface area (Å²) < 4.78 is 17.1. The summed E-state index contributed by atoms with van der Waals surface area (Å²) in [5.74, 6) is 0.884. The van der Waals surface area contributed by atoms with Gasteiger partial charge in [-0.15, -0.1) is 0 Å². The van der Waals surface area contributed by atoms with E-state index in [1.54, 1.807) is 0 Å². The van der Waals surface area contributed by atoms with E-state index >= 15 is 0 Å². The molecule has 2 aromatic rings. The van der Waals surface area contributed by atoms with Gasteiger partial charge in [-0.05, 0) is 35.6 Å². The van der Waals surface area contributed by atoms with Gasteiger partial charge in [-0.2, -0.15) is 0 Å². The van der Waals surface area contributed by atoms with Crippen LogP contribution < -0.4 is 4.74 Å². The number of hydrogen-bond donors (Lipinski definition) is 0. The van der Waals surface area contributed by atoms with E-state index in [1.165, 1.54) is 27.8 Å². The molecule has 0 atom stereocenters. The van der Waals surface area contributed by atoms with E-state index in [4.69, 9.17) is 14.2 Å². The normalized spacial score (nSPS) is 19.5. The van der Waals surface area contributed by atoms with Crippen molar-refractivity contribution < 1.29 is 19.0 Å². The Balaban J connectivity index is 1.26. The van der Waals surface area contributed by atoms with Crippen LogP contribution in [0.25, 0.3) is 5.57 Å². The fourth-order valence-corrected chi connectivity index (χ4v) is 4.96. The van der Waals surface area contributed by atoms with Crippen molar-refractivity contribution in [2.24, 2.45) is 0 Å². The van der Waals surface area contributed by atoms with Crippen molar-refractivity contribution >= 4 is 11.5 Å². The molecular weight excluding hydrogens is 402 g/mol.